The first-order valence-electron chi connectivity index (χ1n) is 6.82. The van der Waals surface area contributed by atoms with E-state index >= 15 is 0 Å². The summed E-state index contributed by atoms with van der Waals surface area (Å²) >= 11 is 0. The largest absolute Gasteiger partial charge is 0.493 e. The Morgan fingerprint density at radius 2 is 2.06 bits per heavy atom. The second-order valence-corrected chi connectivity index (χ2v) is 5.37. The number of hydrogen-bond acceptors (Lipinski definition) is 2. The van der Waals surface area contributed by atoms with E-state index in [0.29, 0.717) is 12.1 Å². The summed E-state index contributed by atoms with van der Waals surface area (Å²) in [4.78, 5) is 0. The van der Waals surface area contributed by atoms with Crippen LogP contribution in [0, 0.1) is 5.92 Å². The molecule has 0 radical (unpaired) electrons. The molecule has 0 spiro atoms. The van der Waals surface area contributed by atoms with Crippen molar-refractivity contribution in [3.63, 3.8) is 0 Å². The molecule has 1 aromatic rings. The number of para-hydroxylation sites is 1. The van der Waals surface area contributed by atoms with Crippen molar-refractivity contribution in [1.29, 1.82) is 0 Å². The van der Waals surface area contributed by atoms with Gasteiger partial charge in [0.05, 0.1) is 6.61 Å². The fraction of sp³-hybridized carbons (Fsp3) is 0.600. The molecule has 1 aromatic carbocycles. The third-order valence-corrected chi connectivity index (χ3v) is 4.28. The number of fused-ring (bicyclic) bond motifs is 1. The van der Waals surface area contributed by atoms with Crippen LogP contribution in [-0.4, -0.2) is 12.6 Å². The molecule has 3 rings (SSSR count). The monoisotopic (exact) mass is 231 g/mol. The van der Waals surface area contributed by atoms with Crippen molar-refractivity contribution in [2.45, 2.75) is 44.7 Å². The first-order chi connectivity index (χ1) is 8.34. The summed E-state index contributed by atoms with van der Waals surface area (Å²) in [6, 6.07) is 9.55. The summed E-state index contributed by atoms with van der Waals surface area (Å²) in [7, 11) is 0. The molecule has 17 heavy (non-hydrogen) atoms. The highest BCUT2D eigenvalue weighted by Crippen LogP contribution is 2.35. The number of rotatable bonds is 3. The van der Waals surface area contributed by atoms with E-state index in [1.54, 1.807) is 0 Å². The Balaban J connectivity index is 1.71. The van der Waals surface area contributed by atoms with Crippen LogP contribution in [0.4, 0.5) is 0 Å². The standard InChI is InChI=1S/C15H21NO/c1-11(12-5-4-6-12)16-14-9-10-17-15-8-3-2-7-13(14)15/h2-3,7-8,11-12,14,16H,4-6,9-10H2,1H3/t11-,14-/m1/s1. The maximum atomic E-state index is 5.70. The van der Waals surface area contributed by atoms with Gasteiger partial charge < -0.3 is 10.1 Å². The van der Waals surface area contributed by atoms with E-state index in [-0.39, 0.29) is 0 Å². The molecule has 2 atom stereocenters. The third-order valence-electron chi connectivity index (χ3n) is 4.28. The van der Waals surface area contributed by atoms with Gasteiger partial charge in [-0.1, -0.05) is 24.6 Å². The van der Waals surface area contributed by atoms with E-state index < -0.39 is 0 Å². The molecule has 1 heterocycles. The lowest BCUT2D eigenvalue weighted by Crippen LogP contribution is -2.40. The first kappa shape index (κ1) is 11.1. The second-order valence-electron chi connectivity index (χ2n) is 5.37. The quantitative estimate of drug-likeness (QED) is 0.862. The summed E-state index contributed by atoms with van der Waals surface area (Å²) in [5.41, 5.74) is 1.34. The predicted octanol–water partition coefficient (Wildman–Crippen LogP) is 3.29. The lowest BCUT2D eigenvalue weighted by atomic mass is 9.80. The summed E-state index contributed by atoms with van der Waals surface area (Å²) in [6.45, 7) is 3.17. The maximum absolute atomic E-state index is 5.70. The molecule has 2 nitrogen and oxygen atoms in total. The molecular weight excluding hydrogens is 210 g/mol. The molecule has 0 aromatic heterocycles. The Labute approximate surface area is 103 Å². The smallest absolute Gasteiger partial charge is 0.124 e. The number of ether oxygens (including phenoxy) is 1. The van der Waals surface area contributed by atoms with E-state index in [4.69, 9.17) is 4.74 Å². The van der Waals surface area contributed by atoms with Gasteiger partial charge in [0.1, 0.15) is 5.75 Å². The molecule has 2 aliphatic rings. The first-order valence-corrected chi connectivity index (χ1v) is 6.82. The van der Waals surface area contributed by atoms with E-state index in [9.17, 15) is 0 Å². The molecule has 0 amide bonds. The van der Waals surface area contributed by atoms with Crippen molar-refractivity contribution in [3.05, 3.63) is 29.8 Å². The predicted molar refractivity (Wildman–Crippen MR) is 69.2 cm³/mol. The molecule has 0 saturated heterocycles. The zero-order valence-corrected chi connectivity index (χ0v) is 10.5. The van der Waals surface area contributed by atoms with Crippen LogP contribution in [-0.2, 0) is 0 Å². The Kier molecular flexibility index (Phi) is 3.06. The van der Waals surface area contributed by atoms with E-state index in [2.05, 4.69) is 36.5 Å². The normalized spacial score (nSPS) is 25.6. The molecule has 1 N–H and O–H groups in total. The lowest BCUT2D eigenvalue weighted by Gasteiger charge is -2.36. The van der Waals surface area contributed by atoms with E-state index in [0.717, 1.165) is 24.7 Å². The molecule has 2 heteroatoms. The van der Waals surface area contributed by atoms with Crippen LogP contribution in [0.25, 0.3) is 0 Å². The van der Waals surface area contributed by atoms with Crippen LogP contribution in [0.3, 0.4) is 0 Å². The summed E-state index contributed by atoms with van der Waals surface area (Å²) in [6.07, 6.45) is 5.31. The summed E-state index contributed by atoms with van der Waals surface area (Å²) in [5, 5.41) is 3.80. The van der Waals surface area contributed by atoms with Gasteiger partial charge in [0.25, 0.3) is 0 Å². The SMILES string of the molecule is C[C@@H](N[C@@H]1CCOc2ccccc21)C1CCC1. The average molecular weight is 231 g/mol. The topological polar surface area (TPSA) is 21.3 Å². The van der Waals surface area contributed by atoms with Crippen molar-refractivity contribution < 1.29 is 4.74 Å². The van der Waals surface area contributed by atoms with Crippen molar-refractivity contribution in [1.82, 2.24) is 5.32 Å². The Morgan fingerprint density at radius 3 is 2.82 bits per heavy atom. The average Bonchev–Trinajstić information content (AvgIpc) is 2.27. The van der Waals surface area contributed by atoms with Gasteiger partial charge in [0.2, 0.25) is 0 Å². The fourth-order valence-electron chi connectivity index (χ4n) is 2.91. The molecule has 92 valence electrons. The number of nitrogens with one attached hydrogen (secondary N) is 1. The fourth-order valence-corrected chi connectivity index (χ4v) is 2.91. The van der Waals surface area contributed by atoms with Gasteiger partial charge in [-0.2, -0.15) is 0 Å². The van der Waals surface area contributed by atoms with Gasteiger partial charge in [-0.3, -0.25) is 0 Å². The maximum Gasteiger partial charge on any atom is 0.124 e. The second kappa shape index (κ2) is 4.69. The van der Waals surface area contributed by atoms with Gasteiger partial charge in [-0.05, 0) is 31.7 Å². The molecule has 1 aliphatic heterocycles. The van der Waals surface area contributed by atoms with Gasteiger partial charge in [0.15, 0.2) is 0 Å². The molecular formula is C15H21NO. The van der Waals surface area contributed by atoms with Crippen LogP contribution < -0.4 is 10.1 Å². The van der Waals surface area contributed by atoms with Crippen molar-refractivity contribution in [2.75, 3.05) is 6.61 Å². The van der Waals surface area contributed by atoms with Crippen LogP contribution in [0.2, 0.25) is 0 Å². The number of hydrogen-bond donors (Lipinski definition) is 1. The number of benzene rings is 1. The zero-order chi connectivity index (χ0) is 11.7. The zero-order valence-electron chi connectivity index (χ0n) is 10.5. The van der Waals surface area contributed by atoms with Gasteiger partial charge in [-0.15, -0.1) is 0 Å². The summed E-state index contributed by atoms with van der Waals surface area (Å²) < 4.78 is 5.70. The highest BCUT2D eigenvalue weighted by atomic mass is 16.5. The van der Waals surface area contributed by atoms with Gasteiger partial charge >= 0.3 is 0 Å². The lowest BCUT2D eigenvalue weighted by molar-refractivity contribution is 0.197. The Bertz CT molecular complexity index is 386. The molecule has 0 bridgehead atoms. The minimum Gasteiger partial charge on any atom is -0.493 e. The van der Waals surface area contributed by atoms with E-state index in [1.165, 1.54) is 24.8 Å². The minimum absolute atomic E-state index is 0.482. The van der Waals surface area contributed by atoms with Crippen molar-refractivity contribution >= 4 is 0 Å². The Hall–Kier alpha value is -1.02. The Morgan fingerprint density at radius 1 is 1.24 bits per heavy atom. The summed E-state index contributed by atoms with van der Waals surface area (Å²) in [5.74, 6) is 1.96. The highest BCUT2D eigenvalue weighted by molar-refractivity contribution is 5.37. The molecule has 1 aliphatic carbocycles. The third kappa shape index (κ3) is 2.19. The van der Waals surface area contributed by atoms with Gasteiger partial charge in [0, 0.05) is 24.1 Å². The van der Waals surface area contributed by atoms with Crippen LogP contribution in [0.1, 0.15) is 44.2 Å². The molecule has 1 saturated carbocycles. The highest BCUT2D eigenvalue weighted by Gasteiger charge is 2.28. The molecule has 0 unspecified atom stereocenters. The minimum atomic E-state index is 0.482. The van der Waals surface area contributed by atoms with E-state index in [1.807, 2.05) is 0 Å². The van der Waals surface area contributed by atoms with Crippen LogP contribution in [0.5, 0.6) is 5.75 Å². The van der Waals surface area contributed by atoms with Gasteiger partial charge in [-0.25, -0.2) is 0 Å². The molecule has 1 fully saturated rings. The van der Waals surface area contributed by atoms with Crippen molar-refractivity contribution in [2.24, 2.45) is 5.92 Å². The van der Waals surface area contributed by atoms with Crippen molar-refractivity contribution in [3.8, 4) is 5.75 Å². The van der Waals surface area contributed by atoms with Crippen LogP contribution >= 0.6 is 0 Å². The van der Waals surface area contributed by atoms with Crippen LogP contribution in [0.15, 0.2) is 24.3 Å².